The number of nitrogens with zero attached hydrogens (tertiary/aromatic N) is 1. The van der Waals surface area contributed by atoms with Crippen LogP contribution in [0.25, 0.3) is 0 Å². The van der Waals surface area contributed by atoms with Gasteiger partial charge in [-0.3, -0.25) is 0 Å². The summed E-state index contributed by atoms with van der Waals surface area (Å²) in [4.78, 5) is 0. The normalized spacial score (nSPS) is 12.0. The lowest BCUT2D eigenvalue weighted by atomic mass is 10.1. The average molecular weight is 298 g/mol. The molecule has 114 valence electrons. The molecule has 1 N–H and O–H groups in total. The highest BCUT2D eigenvalue weighted by molar-refractivity contribution is 7.88. The maximum atomic E-state index is 12.5. The van der Waals surface area contributed by atoms with Gasteiger partial charge in [-0.2, -0.15) is 0 Å². The first kappa shape index (κ1) is 17.1. The highest BCUT2D eigenvalue weighted by Crippen LogP contribution is 2.13. The van der Waals surface area contributed by atoms with E-state index in [0.717, 1.165) is 30.5 Å². The first-order valence-electron chi connectivity index (χ1n) is 7.23. The van der Waals surface area contributed by atoms with Gasteiger partial charge in [-0.15, -0.1) is 0 Å². The van der Waals surface area contributed by atoms with Crippen LogP contribution >= 0.6 is 0 Å². The van der Waals surface area contributed by atoms with E-state index in [4.69, 9.17) is 0 Å². The lowest BCUT2D eigenvalue weighted by molar-refractivity contribution is 0.409. The average Bonchev–Trinajstić information content (AvgIpc) is 2.39. The SMILES string of the molecule is CCCN(CCC)S(=O)(=O)Cc1cccc(CNC)c1. The minimum Gasteiger partial charge on any atom is -0.316 e. The van der Waals surface area contributed by atoms with E-state index in [9.17, 15) is 8.42 Å². The molecule has 0 bridgehead atoms. The monoisotopic (exact) mass is 298 g/mol. The van der Waals surface area contributed by atoms with Crippen LogP contribution in [0.1, 0.15) is 37.8 Å². The van der Waals surface area contributed by atoms with Crippen LogP contribution in [0, 0.1) is 0 Å². The Bertz CT molecular complexity index is 494. The van der Waals surface area contributed by atoms with Crippen molar-refractivity contribution in [1.29, 1.82) is 0 Å². The van der Waals surface area contributed by atoms with Crippen molar-refractivity contribution in [2.24, 2.45) is 0 Å². The van der Waals surface area contributed by atoms with Crippen LogP contribution in [0.4, 0.5) is 0 Å². The molecule has 0 spiro atoms. The Morgan fingerprint density at radius 2 is 1.70 bits per heavy atom. The van der Waals surface area contributed by atoms with E-state index < -0.39 is 10.0 Å². The maximum absolute atomic E-state index is 12.5. The summed E-state index contributed by atoms with van der Waals surface area (Å²) in [5.41, 5.74) is 1.97. The molecule has 0 aromatic heterocycles. The summed E-state index contributed by atoms with van der Waals surface area (Å²) in [5.74, 6) is 0.0879. The van der Waals surface area contributed by atoms with Crippen LogP contribution in [0.5, 0.6) is 0 Å². The van der Waals surface area contributed by atoms with Gasteiger partial charge in [0.15, 0.2) is 0 Å². The highest BCUT2D eigenvalue weighted by Gasteiger charge is 2.20. The molecule has 0 atom stereocenters. The van der Waals surface area contributed by atoms with E-state index in [1.54, 1.807) is 4.31 Å². The zero-order chi connectivity index (χ0) is 15.0. The largest absolute Gasteiger partial charge is 0.316 e. The van der Waals surface area contributed by atoms with Crippen molar-refractivity contribution in [1.82, 2.24) is 9.62 Å². The Morgan fingerprint density at radius 1 is 1.10 bits per heavy atom. The van der Waals surface area contributed by atoms with Crippen molar-refractivity contribution in [2.75, 3.05) is 20.1 Å². The molecule has 0 heterocycles. The topological polar surface area (TPSA) is 49.4 Å². The zero-order valence-electron chi connectivity index (χ0n) is 12.7. The Labute approximate surface area is 123 Å². The molecular formula is C15H26N2O2S. The lowest BCUT2D eigenvalue weighted by Gasteiger charge is -2.21. The summed E-state index contributed by atoms with van der Waals surface area (Å²) >= 11 is 0. The third-order valence-corrected chi connectivity index (χ3v) is 4.91. The quantitative estimate of drug-likeness (QED) is 0.761. The van der Waals surface area contributed by atoms with Crippen molar-refractivity contribution >= 4 is 10.0 Å². The molecule has 0 fully saturated rings. The first-order chi connectivity index (χ1) is 9.53. The number of sulfonamides is 1. The van der Waals surface area contributed by atoms with Crippen LogP contribution in [0.15, 0.2) is 24.3 Å². The molecule has 0 amide bonds. The molecule has 5 heteroatoms. The number of benzene rings is 1. The van der Waals surface area contributed by atoms with Gasteiger partial charge in [-0.25, -0.2) is 12.7 Å². The second-order valence-electron chi connectivity index (χ2n) is 5.01. The summed E-state index contributed by atoms with van der Waals surface area (Å²) in [6.07, 6.45) is 1.69. The molecule has 0 saturated heterocycles. The summed E-state index contributed by atoms with van der Waals surface area (Å²) in [5, 5.41) is 3.08. The van der Waals surface area contributed by atoms with Gasteiger partial charge in [0.25, 0.3) is 0 Å². The van der Waals surface area contributed by atoms with Crippen molar-refractivity contribution < 1.29 is 8.42 Å². The summed E-state index contributed by atoms with van der Waals surface area (Å²) in [7, 11) is -1.34. The van der Waals surface area contributed by atoms with E-state index in [1.165, 1.54) is 0 Å². The summed E-state index contributed by atoms with van der Waals surface area (Å²) in [6.45, 7) is 5.97. The van der Waals surface area contributed by atoms with Gasteiger partial charge >= 0.3 is 0 Å². The fraction of sp³-hybridized carbons (Fsp3) is 0.600. The van der Waals surface area contributed by atoms with Gasteiger partial charge in [-0.1, -0.05) is 38.1 Å². The van der Waals surface area contributed by atoms with Crippen molar-refractivity contribution in [2.45, 2.75) is 39.0 Å². The molecule has 20 heavy (non-hydrogen) atoms. The fourth-order valence-electron chi connectivity index (χ4n) is 2.22. The molecule has 1 aromatic rings. The van der Waals surface area contributed by atoms with Crippen molar-refractivity contribution in [3.63, 3.8) is 0 Å². The van der Waals surface area contributed by atoms with Gasteiger partial charge in [-0.05, 0) is 31.0 Å². The molecule has 0 unspecified atom stereocenters. The molecular weight excluding hydrogens is 272 g/mol. The van der Waals surface area contributed by atoms with Crippen molar-refractivity contribution in [3.05, 3.63) is 35.4 Å². The molecule has 0 aliphatic heterocycles. The predicted molar refractivity (Wildman–Crippen MR) is 84.0 cm³/mol. The van der Waals surface area contributed by atoms with Crippen LogP contribution < -0.4 is 5.32 Å². The summed E-state index contributed by atoms with van der Waals surface area (Å²) in [6, 6.07) is 7.76. The molecule has 0 saturated carbocycles. The zero-order valence-corrected chi connectivity index (χ0v) is 13.5. The van der Waals surface area contributed by atoms with Crippen LogP contribution in [-0.4, -0.2) is 32.9 Å². The van der Waals surface area contributed by atoms with Crippen LogP contribution in [-0.2, 0) is 22.3 Å². The first-order valence-corrected chi connectivity index (χ1v) is 8.84. The standard InChI is InChI=1S/C15H26N2O2S/c1-4-9-17(10-5-2)20(18,19)13-15-8-6-7-14(11-15)12-16-3/h6-8,11,16H,4-5,9-10,12-13H2,1-3H3. The molecule has 1 rings (SSSR count). The van der Waals surface area contributed by atoms with E-state index in [0.29, 0.717) is 13.1 Å². The molecule has 0 radical (unpaired) electrons. The summed E-state index contributed by atoms with van der Waals surface area (Å²) < 4.78 is 26.5. The smallest absolute Gasteiger partial charge is 0.218 e. The van der Waals surface area contributed by atoms with Gasteiger partial charge in [0.2, 0.25) is 10.0 Å². The minimum absolute atomic E-state index is 0.0879. The molecule has 4 nitrogen and oxygen atoms in total. The Morgan fingerprint density at radius 3 is 2.25 bits per heavy atom. The van der Waals surface area contributed by atoms with Gasteiger partial charge in [0.1, 0.15) is 0 Å². The van der Waals surface area contributed by atoms with E-state index in [-0.39, 0.29) is 5.75 Å². The second-order valence-corrected chi connectivity index (χ2v) is 6.97. The van der Waals surface area contributed by atoms with Crippen LogP contribution in [0.3, 0.4) is 0 Å². The number of hydrogen-bond acceptors (Lipinski definition) is 3. The highest BCUT2D eigenvalue weighted by atomic mass is 32.2. The molecule has 1 aromatic carbocycles. The van der Waals surface area contributed by atoms with Crippen molar-refractivity contribution in [3.8, 4) is 0 Å². The van der Waals surface area contributed by atoms with Gasteiger partial charge in [0, 0.05) is 19.6 Å². The van der Waals surface area contributed by atoms with Gasteiger partial charge < -0.3 is 5.32 Å². The van der Waals surface area contributed by atoms with E-state index in [1.807, 2.05) is 45.2 Å². The lowest BCUT2D eigenvalue weighted by Crippen LogP contribution is -2.33. The van der Waals surface area contributed by atoms with Gasteiger partial charge in [0.05, 0.1) is 5.75 Å². The predicted octanol–water partition coefficient (Wildman–Crippen LogP) is 2.36. The Balaban J connectivity index is 2.85. The molecule has 0 aliphatic carbocycles. The second kappa shape index (κ2) is 8.39. The fourth-order valence-corrected chi connectivity index (χ4v) is 3.93. The minimum atomic E-state index is -3.22. The number of hydrogen-bond donors (Lipinski definition) is 1. The third-order valence-electron chi connectivity index (χ3n) is 3.06. The Hall–Kier alpha value is -0.910. The number of rotatable bonds is 9. The number of nitrogens with one attached hydrogen (secondary N) is 1. The van der Waals surface area contributed by atoms with E-state index >= 15 is 0 Å². The maximum Gasteiger partial charge on any atom is 0.218 e. The van der Waals surface area contributed by atoms with Crippen LogP contribution in [0.2, 0.25) is 0 Å². The third kappa shape index (κ3) is 5.23. The van der Waals surface area contributed by atoms with E-state index in [2.05, 4.69) is 5.32 Å². The molecule has 0 aliphatic rings. The Kier molecular flexibility index (Phi) is 7.19.